The number of halogens is 1. The number of primary sulfonamides is 1. The van der Waals surface area contributed by atoms with E-state index in [9.17, 15) is 8.42 Å². The van der Waals surface area contributed by atoms with E-state index in [-0.39, 0.29) is 28.9 Å². The maximum atomic E-state index is 11.1. The average molecular weight is 424 g/mol. The summed E-state index contributed by atoms with van der Waals surface area (Å²) < 4.78 is 22.2. The third kappa shape index (κ3) is 7.44. The molecule has 1 aromatic rings. The van der Waals surface area contributed by atoms with E-state index in [0.29, 0.717) is 19.0 Å². The van der Waals surface area contributed by atoms with Gasteiger partial charge in [-0.15, -0.1) is 30.6 Å². The van der Waals surface area contributed by atoms with E-state index < -0.39 is 10.0 Å². The zero-order valence-electron chi connectivity index (χ0n) is 11.9. The molecule has 0 bridgehead atoms. The van der Waals surface area contributed by atoms with Crippen LogP contribution in [0.4, 0.5) is 0 Å². The van der Waals surface area contributed by atoms with Crippen molar-refractivity contribution < 1.29 is 8.42 Å². The Balaban J connectivity index is 0.00000400. The van der Waals surface area contributed by atoms with Crippen LogP contribution < -0.4 is 15.8 Å². The van der Waals surface area contributed by atoms with Gasteiger partial charge in [-0.3, -0.25) is 4.99 Å². The molecule has 0 amide bonds. The Morgan fingerprint density at radius 3 is 2.43 bits per heavy atom. The summed E-state index contributed by atoms with van der Waals surface area (Å²) in [4.78, 5) is 4.18. The Labute approximate surface area is 143 Å². The number of aliphatic imine (C=N–C) groups is 1. The number of rotatable bonds is 6. The summed E-state index contributed by atoms with van der Waals surface area (Å²) in [6.45, 7) is 4.95. The molecule has 0 saturated carbocycles. The van der Waals surface area contributed by atoms with Crippen LogP contribution in [0.15, 0.2) is 46.8 Å². The Kier molecular flexibility index (Phi) is 9.22. The van der Waals surface area contributed by atoms with Crippen LogP contribution >= 0.6 is 24.0 Å². The molecule has 6 nitrogen and oxygen atoms in total. The van der Waals surface area contributed by atoms with Crippen LogP contribution in [0.25, 0.3) is 0 Å². The van der Waals surface area contributed by atoms with Crippen LogP contribution in [0.1, 0.15) is 5.56 Å². The highest BCUT2D eigenvalue weighted by molar-refractivity contribution is 14.0. The van der Waals surface area contributed by atoms with Crippen LogP contribution in [-0.2, 0) is 16.4 Å². The molecule has 0 spiro atoms. The van der Waals surface area contributed by atoms with Crippen molar-refractivity contribution in [2.24, 2.45) is 10.1 Å². The van der Waals surface area contributed by atoms with Crippen LogP contribution in [0.2, 0.25) is 0 Å². The number of hydrogen-bond acceptors (Lipinski definition) is 3. The molecular weight excluding hydrogens is 403 g/mol. The topological polar surface area (TPSA) is 96.6 Å². The van der Waals surface area contributed by atoms with Crippen molar-refractivity contribution >= 4 is 40.0 Å². The van der Waals surface area contributed by atoms with E-state index in [1.807, 2.05) is 0 Å². The fourth-order valence-corrected chi connectivity index (χ4v) is 2.08. The van der Waals surface area contributed by atoms with Gasteiger partial charge in [-0.2, -0.15) is 0 Å². The van der Waals surface area contributed by atoms with Crippen molar-refractivity contribution in [3.8, 4) is 0 Å². The Morgan fingerprint density at radius 1 is 1.33 bits per heavy atom. The van der Waals surface area contributed by atoms with E-state index in [0.717, 1.165) is 12.0 Å². The summed E-state index contributed by atoms with van der Waals surface area (Å²) in [5, 5.41) is 11.2. The summed E-state index contributed by atoms with van der Waals surface area (Å²) in [5.74, 6) is 0.700. The van der Waals surface area contributed by atoms with Gasteiger partial charge >= 0.3 is 0 Å². The quantitative estimate of drug-likeness (QED) is 0.273. The maximum absolute atomic E-state index is 11.1. The van der Waals surface area contributed by atoms with Crippen LogP contribution in [0.3, 0.4) is 0 Å². The molecule has 0 atom stereocenters. The second-order valence-electron chi connectivity index (χ2n) is 4.11. The van der Waals surface area contributed by atoms with Gasteiger partial charge in [-0.05, 0) is 24.1 Å². The molecule has 0 aliphatic heterocycles. The molecule has 21 heavy (non-hydrogen) atoms. The first-order chi connectivity index (χ1) is 9.47. The van der Waals surface area contributed by atoms with Crippen molar-refractivity contribution in [3.05, 3.63) is 42.5 Å². The van der Waals surface area contributed by atoms with Crippen molar-refractivity contribution in [1.82, 2.24) is 10.6 Å². The number of guanidine groups is 1. The summed E-state index contributed by atoms with van der Waals surface area (Å²) in [5.41, 5.74) is 1.02. The summed E-state index contributed by atoms with van der Waals surface area (Å²) in [7, 11) is -1.93. The fourth-order valence-electron chi connectivity index (χ4n) is 1.56. The Bertz CT molecular complexity index is 570. The zero-order chi connectivity index (χ0) is 15.0. The highest BCUT2D eigenvalue weighted by atomic mass is 127. The molecule has 0 unspecified atom stereocenters. The number of nitrogens with one attached hydrogen (secondary N) is 2. The molecule has 0 aliphatic carbocycles. The first kappa shape index (κ1) is 19.9. The van der Waals surface area contributed by atoms with E-state index >= 15 is 0 Å². The molecular formula is C13H21IN4O2S. The second kappa shape index (κ2) is 9.74. The molecule has 0 radical (unpaired) electrons. The predicted octanol–water partition coefficient (Wildman–Crippen LogP) is 0.846. The molecule has 0 heterocycles. The molecule has 0 aromatic heterocycles. The highest BCUT2D eigenvalue weighted by Crippen LogP contribution is 2.08. The van der Waals surface area contributed by atoms with Crippen molar-refractivity contribution in [3.63, 3.8) is 0 Å². The van der Waals surface area contributed by atoms with Gasteiger partial charge in [0.2, 0.25) is 10.0 Å². The average Bonchev–Trinajstić information content (AvgIpc) is 2.42. The van der Waals surface area contributed by atoms with Crippen LogP contribution in [-0.4, -0.2) is 34.5 Å². The lowest BCUT2D eigenvalue weighted by Crippen LogP contribution is -2.38. The van der Waals surface area contributed by atoms with Gasteiger partial charge in [0.15, 0.2) is 5.96 Å². The first-order valence-corrected chi connectivity index (χ1v) is 7.69. The van der Waals surface area contributed by atoms with Gasteiger partial charge in [0.25, 0.3) is 0 Å². The lowest BCUT2D eigenvalue weighted by Gasteiger charge is -2.10. The van der Waals surface area contributed by atoms with Crippen molar-refractivity contribution in [2.45, 2.75) is 11.3 Å². The summed E-state index contributed by atoms with van der Waals surface area (Å²) in [6, 6.07) is 6.52. The van der Waals surface area contributed by atoms with Crippen molar-refractivity contribution in [1.29, 1.82) is 0 Å². The van der Waals surface area contributed by atoms with E-state index in [1.54, 1.807) is 25.3 Å². The zero-order valence-corrected chi connectivity index (χ0v) is 15.0. The lowest BCUT2D eigenvalue weighted by atomic mass is 10.1. The number of nitrogens with two attached hydrogens (primary N) is 1. The van der Waals surface area contributed by atoms with Gasteiger partial charge in [0, 0.05) is 20.1 Å². The molecule has 0 fully saturated rings. The second-order valence-corrected chi connectivity index (χ2v) is 5.67. The number of sulfonamides is 1. The molecule has 1 rings (SSSR count). The normalized spacial score (nSPS) is 11.4. The molecule has 0 saturated heterocycles. The summed E-state index contributed by atoms with van der Waals surface area (Å²) >= 11 is 0. The molecule has 118 valence electrons. The Morgan fingerprint density at radius 2 is 1.95 bits per heavy atom. The van der Waals surface area contributed by atoms with E-state index in [4.69, 9.17) is 5.14 Å². The summed E-state index contributed by atoms with van der Waals surface area (Å²) in [6.07, 6.45) is 2.50. The lowest BCUT2D eigenvalue weighted by molar-refractivity contribution is 0.598. The van der Waals surface area contributed by atoms with Crippen molar-refractivity contribution in [2.75, 3.05) is 20.1 Å². The van der Waals surface area contributed by atoms with Gasteiger partial charge in [0.05, 0.1) is 4.90 Å². The smallest absolute Gasteiger partial charge is 0.238 e. The number of benzene rings is 1. The fraction of sp³-hybridized carbons (Fsp3) is 0.308. The minimum atomic E-state index is -3.62. The third-order valence-corrected chi connectivity index (χ3v) is 3.52. The largest absolute Gasteiger partial charge is 0.356 e. The van der Waals surface area contributed by atoms with E-state index in [1.165, 1.54) is 12.1 Å². The number of hydrogen-bond donors (Lipinski definition) is 3. The monoisotopic (exact) mass is 424 g/mol. The minimum Gasteiger partial charge on any atom is -0.356 e. The Hall–Kier alpha value is -1.13. The van der Waals surface area contributed by atoms with Gasteiger partial charge in [-0.1, -0.05) is 18.2 Å². The van der Waals surface area contributed by atoms with Crippen LogP contribution in [0.5, 0.6) is 0 Å². The maximum Gasteiger partial charge on any atom is 0.238 e. The SMILES string of the molecule is C=CCNC(=NC)NCCc1ccc(S(N)(=O)=O)cc1.I. The molecule has 4 N–H and O–H groups in total. The van der Waals surface area contributed by atoms with Gasteiger partial charge < -0.3 is 10.6 Å². The third-order valence-electron chi connectivity index (χ3n) is 2.60. The predicted molar refractivity (Wildman–Crippen MR) is 96.5 cm³/mol. The van der Waals surface area contributed by atoms with Gasteiger partial charge in [-0.25, -0.2) is 13.6 Å². The standard InChI is InChI=1S/C13H20N4O2S.HI/c1-3-9-16-13(15-2)17-10-8-11-4-6-12(7-5-11)20(14,18)19;/h3-7H,1,8-10H2,2H3,(H2,14,18,19)(H2,15,16,17);1H. The van der Waals surface area contributed by atoms with Gasteiger partial charge in [0.1, 0.15) is 0 Å². The minimum absolute atomic E-state index is 0. The molecule has 1 aromatic carbocycles. The highest BCUT2D eigenvalue weighted by Gasteiger charge is 2.06. The van der Waals surface area contributed by atoms with E-state index in [2.05, 4.69) is 22.2 Å². The first-order valence-electron chi connectivity index (χ1n) is 6.14. The molecule has 8 heteroatoms. The van der Waals surface area contributed by atoms with Crippen LogP contribution in [0, 0.1) is 0 Å². The molecule has 0 aliphatic rings. The number of nitrogens with zero attached hydrogens (tertiary/aromatic N) is 1.